The minimum Gasteiger partial charge on any atom is -0.385 e. The first-order valence-corrected chi connectivity index (χ1v) is 7.18. The van der Waals surface area contributed by atoms with Crippen LogP contribution in [0.3, 0.4) is 0 Å². The highest BCUT2D eigenvalue weighted by molar-refractivity contribution is 7.90. The Balaban J connectivity index is 2.84. The fraction of sp³-hybridized carbons (Fsp3) is 0.417. The molecule has 18 heavy (non-hydrogen) atoms. The van der Waals surface area contributed by atoms with E-state index in [1.54, 1.807) is 0 Å². The number of nitriles is 1. The third-order valence-electron chi connectivity index (χ3n) is 2.37. The second-order valence-corrected chi connectivity index (χ2v) is 6.04. The van der Waals surface area contributed by atoms with Crippen LogP contribution in [0.25, 0.3) is 0 Å². The summed E-state index contributed by atoms with van der Waals surface area (Å²) in [5.74, 6) is -0.907. The van der Waals surface area contributed by atoms with E-state index < -0.39 is 15.7 Å². The molecule has 0 spiro atoms. The third kappa shape index (κ3) is 4.43. The fourth-order valence-corrected chi connectivity index (χ4v) is 2.94. The molecule has 0 aliphatic carbocycles. The van der Waals surface area contributed by atoms with Gasteiger partial charge in [0.2, 0.25) is 0 Å². The Morgan fingerprint density at radius 2 is 2.17 bits per heavy atom. The van der Waals surface area contributed by atoms with Crippen molar-refractivity contribution in [2.75, 3.05) is 19.5 Å². The molecule has 0 aliphatic heterocycles. The lowest BCUT2D eigenvalue weighted by atomic mass is 10.1. The molecule has 0 N–H and O–H groups in total. The molecular formula is C12H14FNO3S. The van der Waals surface area contributed by atoms with Crippen LogP contribution in [0, 0.1) is 17.1 Å². The zero-order valence-corrected chi connectivity index (χ0v) is 10.8. The average Bonchev–Trinajstić information content (AvgIpc) is 2.29. The summed E-state index contributed by atoms with van der Waals surface area (Å²) in [6, 6.07) is 5.37. The van der Waals surface area contributed by atoms with Crippen molar-refractivity contribution in [3.05, 3.63) is 35.1 Å². The highest BCUT2D eigenvalue weighted by atomic mass is 32.2. The van der Waals surface area contributed by atoms with Crippen LogP contribution >= 0.6 is 0 Å². The Hall–Kier alpha value is -1.45. The van der Waals surface area contributed by atoms with Crippen LogP contribution in [-0.2, 0) is 20.3 Å². The van der Waals surface area contributed by atoms with Crippen LogP contribution in [0.2, 0.25) is 0 Å². The lowest BCUT2D eigenvalue weighted by Gasteiger charge is -2.06. The van der Waals surface area contributed by atoms with Crippen LogP contribution in [-0.4, -0.2) is 27.9 Å². The summed E-state index contributed by atoms with van der Waals surface area (Å²) in [6.07, 6.45) is 0.385. The molecule has 0 amide bonds. The van der Waals surface area contributed by atoms with Gasteiger partial charge in [-0.05, 0) is 30.2 Å². The van der Waals surface area contributed by atoms with Gasteiger partial charge in [0.25, 0.3) is 0 Å². The lowest BCUT2D eigenvalue weighted by Crippen LogP contribution is -2.12. The molecule has 0 aromatic heterocycles. The highest BCUT2D eigenvalue weighted by Gasteiger charge is 2.15. The summed E-state index contributed by atoms with van der Waals surface area (Å²) in [6.45, 7) is 0.355. The van der Waals surface area contributed by atoms with E-state index in [9.17, 15) is 12.8 Å². The molecule has 0 fully saturated rings. The first kappa shape index (κ1) is 14.6. The maximum absolute atomic E-state index is 13.0. The largest absolute Gasteiger partial charge is 0.385 e. The summed E-state index contributed by atoms with van der Waals surface area (Å²) in [4.78, 5) is 0. The number of benzene rings is 1. The molecule has 98 valence electrons. The quantitative estimate of drug-likeness (QED) is 0.738. The Morgan fingerprint density at radius 1 is 1.44 bits per heavy atom. The van der Waals surface area contributed by atoms with Crippen molar-refractivity contribution in [2.45, 2.75) is 12.2 Å². The first-order valence-electron chi connectivity index (χ1n) is 5.36. The second-order valence-electron chi connectivity index (χ2n) is 3.85. The third-order valence-corrected chi connectivity index (χ3v) is 4.03. The van der Waals surface area contributed by atoms with E-state index in [1.807, 2.05) is 6.07 Å². The van der Waals surface area contributed by atoms with Gasteiger partial charge in [-0.1, -0.05) is 0 Å². The number of rotatable bonds is 6. The summed E-state index contributed by atoms with van der Waals surface area (Å²) in [7, 11) is -1.86. The molecule has 6 heteroatoms. The van der Waals surface area contributed by atoms with Crippen LogP contribution in [0.15, 0.2) is 18.2 Å². The van der Waals surface area contributed by atoms with Gasteiger partial charge in [-0.3, -0.25) is 0 Å². The van der Waals surface area contributed by atoms with Crippen LogP contribution < -0.4 is 0 Å². The molecule has 0 saturated carbocycles. The molecule has 0 heterocycles. The minimum absolute atomic E-state index is 0.0395. The Kier molecular flexibility index (Phi) is 5.25. The van der Waals surface area contributed by atoms with Gasteiger partial charge < -0.3 is 4.74 Å². The van der Waals surface area contributed by atoms with E-state index in [1.165, 1.54) is 13.2 Å². The van der Waals surface area contributed by atoms with Crippen molar-refractivity contribution in [2.24, 2.45) is 0 Å². The molecule has 1 rings (SSSR count). The summed E-state index contributed by atoms with van der Waals surface area (Å²) in [5.41, 5.74) is 0.390. The number of methoxy groups -OCH3 is 1. The smallest absolute Gasteiger partial charge is 0.154 e. The molecule has 0 saturated heterocycles. The van der Waals surface area contributed by atoms with E-state index in [2.05, 4.69) is 0 Å². The highest BCUT2D eigenvalue weighted by Crippen LogP contribution is 2.14. The van der Waals surface area contributed by atoms with Crippen molar-refractivity contribution < 1.29 is 17.5 Å². The average molecular weight is 271 g/mol. The number of hydrogen-bond donors (Lipinski definition) is 0. The summed E-state index contributed by atoms with van der Waals surface area (Å²) >= 11 is 0. The molecule has 0 radical (unpaired) electrons. The van der Waals surface area contributed by atoms with Gasteiger partial charge in [0.05, 0.1) is 23.1 Å². The molecule has 0 unspecified atom stereocenters. The molecule has 0 bridgehead atoms. The number of nitrogens with zero attached hydrogens (tertiary/aromatic N) is 1. The normalized spacial score (nSPS) is 11.2. The minimum atomic E-state index is -3.35. The molecule has 4 nitrogen and oxygen atoms in total. The van der Waals surface area contributed by atoms with Gasteiger partial charge >= 0.3 is 0 Å². The van der Waals surface area contributed by atoms with Crippen LogP contribution in [0.5, 0.6) is 0 Å². The molecule has 1 aromatic carbocycles. The lowest BCUT2D eigenvalue weighted by molar-refractivity contribution is 0.199. The van der Waals surface area contributed by atoms with Crippen molar-refractivity contribution in [3.63, 3.8) is 0 Å². The number of hydrogen-bond acceptors (Lipinski definition) is 4. The van der Waals surface area contributed by atoms with Crippen molar-refractivity contribution in [1.82, 2.24) is 0 Å². The number of ether oxygens (including phenoxy) is 1. The van der Waals surface area contributed by atoms with Gasteiger partial charge in [0, 0.05) is 13.7 Å². The number of sulfone groups is 1. The molecular weight excluding hydrogens is 257 g/mol. The monoisotopic (exact) mass is 271 g/mol. The zero-order chi connectivity index (χ0) is 13.6. The van der Waals surface area contributed by atoms with Gasteiger partial charge in [0.1, 0.15) is 5.82 Å². The SMILES string of the molecule is COCCCS(=O)(=O)Cc1cc(F)ccc1C#N. The topological polar surface area (TPSA) is 67.2 Å². The van der Waals surface area contributed by atoms with E-state index in [-0.39, 0.29) is 22.6 Å². The predicted molar refractivity (Wildman–Crippen MR) is 65.1 cm³/mol. The molecule has 1 aromatic rings. The van der Waals surface area contributed by atoms with Crippen molar-refractivity contribution in [3.8, 4) is 6.07 Å². The maximum atomic E-state index is 13.0. The van der Waals surface area contributed by atoms with E-state index in [4.69, 9.17) is 10.00 Å². The molecule has 0 atom stereocenters. The zero-order valence-electron chi connectivity index (χ0n) is 10.0. The Morgan fingerprint density at radius 3 is 2.78 bits per heavy atom. The summed E-state index contributed by atoms with van der Waals surface area (Å²) < 4.78 is 41.3. The standard InChI is InChI=1S/C12H14FNO3S/c1-17-5-2-6-18(15,16)9-11-7-12(13)4-3-10(11)8-14/h3-4,7H,2,5-6,9H2,1H3. The predicted octanol–water partition coefficient (Wildman–Crippen LogP) is 1.65. The Labute approximate surface area is 106 Å². The van der Waals surface area contributed by atoms with E-state index >= 15 is 0 Å². The van der Waals surface area contributed by atoms with E-state index in [0.29, 0.717) is 13.0 Å². The van der Waals surface area contributed by atoms with Crippen LogP contribution in [0.1, 0.15) is 17.5 Å². The van der Waals surface area contributed by atoms with Gasteiger partial charge in [-0.2, -0.15) is 5.26 Å². The van der Waals surface area contributed by atoms with Crippen molar-refractivity contribution in [1.29, 1.82) is 5.26 Å². The van der Waals surface area contributed by atoms with Gasteiger partial charge in [-0.15, -0.1) is 0 Å². The molecule has 0 aliphatic rings. The van der Waals surface area contributed by atoms with Crippen molar-refractivity contribution >= 4 is 9.84 Å². The van der Waals surface area contributed by atoms with Crippen LogP contribution in [0.4, 0.5) is 4.39 Å². The van der Waals surface area contributed by atoms with Gasteiger partial charge in [0.15, 0.2) is 9.84 Å². The Bertz CT molecular complexity index is 549. The summed E-state index contributed by atoms with van der Waals surface area (Å²) in [5, 5.41) is 8.83. The maximum Gasteiger partial charge on any atom is 0.154 e. The number of halogens is 1. The second kappa shape index (κ2) is 6.47. The van der Waals surface area contributed by atoms with E-state index in [0.717, 1.165) is 12.1 Å². The van der Waals surface area contributed by atoms with Gasteiger partial charge in [-0.25, -0.2) is 12.8 Å². The first-order chi connectivity index (χ1) is 8.48. The fourth-order valence-electron chi connectivity index (χ4n) is 1.52.